The third kappa shape index (κ3) is 1.89. The van der Waals surface area contributed by atoms with Crippen molar-refractivity contribution < 1.29 is 14.3 Å². The zero-order chi connectivity index (χ0) is 13.4. The van der Waals surface area contributed by atoms with Crippen LogP contribution in [0, 0.1) is 0 Å². The summed E-state index contributed by atoms with van der Waals surface area (Å²) in [5, 5.41) is 8.90. The summed E-state index contributed by atoms with van der Waals surface area (Å²) >= 11 is 0. The van der Waals surface area contributed by atoms with E-state index in [1.54, 1.807) is 6.07 Å². The second-order valence-electron chi connectivity index (χ2n) is 3.93. The van der Waals surface area contributed by atoms with Crippen LogP contribution in [0.4, 0.5) is 0 Å². The molecule has 0 aliphatic rings. The van der Waals surface area contributed by atoms with E-state index in [1.165, 1.54) is 30.6 Å². The van der Waals surface area contributed by atoms with E-state index >= 15 is 0 Å². The lowest BCUT2D eigenvalue weighted by molar-refractivity contribution is 0.0697. The van der Waals surface area contributed by atoms with Crippen molar-refractivity contribution in [2.75, 3.05) is 0 Å². The Morgan fingerprint density at radius 1 is 1.32 bits per heavy atom. The van der Waals surface area contributed by atoms with Gasteiger partial charge in [-0.2, -0.15) is 0 Å². The first kappa shape index (κ1) is 11.2. The Hall–Kier alpha value is -2.89. The van der Waals surface area contributed by atoms with Crippen molar-refractivity contribution in [2.24, 2.45) is 0 Å². The number of nitrogens with zero attached hydrogens (tertiary/aromatic N) is 1. The molecular formula is C13H8N2O4. The van der Waals surface area contributed by atoms with E-state index in [0.29, 0.717) is 16.7 Å². The van der Waals surface area contributed by atoms with Crippen LogP contribution in [-0.2, 0) is 0 Å². The zero-order valence-corrected chi connectivity index (χ0v) is 9.58. The van der Waals surface area contributed by atoms with Gasteiger partial charge < -0.3 is 14.5 Å². The number of aromatic carboxylic acids is 1. The van der Waals surface area contributed by atoms with Gasteiger partial charge in [-0.05, 0) is 18.2 Å². The highest BCUT2D eigenvalue weighted by atomic mass is 16.4. The topological polar surface area (TPSA) is 96.2 Å². The molecule has 0 amide bonds. The van der Waals surface area contributed by atoms with Crippen molar-refractivity contribution in [3.05, 3.63) is 52.4 Å². The van der Waals surface area contributed by atoms with E-state index in [-0.39, 0.29) is 16.9 Å². The molecule has 0 aliphatic heterocycles. The first-order chi connectivity index (χ1) is 9.15. The number of aromatic amines is 1. The molecule has 0 bridgehead atoms. The van der Waals surface area contributed by atoms with Gasteiger partial charge in [0, 0.05) is 18.5 Å². The van der Waals surface area contributed by atoms with Crippen molar-refractivity contribution in [1.29, 1.82) is 0 Å². The minimum Gasteiger partial charge on any atom is -0.478 e. The summed E-state index contributed by atoms with van der Waals surface area (Å²) in [4.78, 5) is 29.5. The molecule has 3 rings (SSSR count). The predicted molar refractivity (Wildman–Crippen MR) is 67.0 cm³/mol. The maximum atomic E-state index is 11.7. The third-order valence-corrected chi connectivity index (χ3v) is 2.69. The fourth-order valence-corrected chi connectivity index (χ4v) is 1.76. The Kier molecular flexibility index (Phi) is 2.42. The van der Waals surface area contributed by atoms with E-state index in [9.17, 15) is 9.59 Å². The molecule has 1 aromatic carbocycles. The number of carbonyl (C=O) groups is 1. The zero-order valence-electron chi connectivity index (χ0n) is 9.58. The number of carboxylic acid groups (broad SMARTS) is 1. The minimum absolute atomic E-state index is 0.108. The lowest BCUT2D eigenvalue weighted by Crippen LogP contribution is -2.02. The van der Waals surface area contributed by atoms with Gasteiger partial charge in [-0.25, -0.2) is 9.78 Å². The summed E-state index contributed by atoms with van der Waals surface area (Å²) in [6.45, 7) is 0. The molecule has 0 unspecified atom stereocenters. The van der Waals surface area contributed by atoms with E-state index < -0.39 is 5.97 Å². The second kappa shape index (κ2) is 4.09. The van der Waals surface area contributed by atoms with Crippen LogP contribution >= 0.6 is 0 Å². The standard InChI is InChI=1S/C13H8N2O4/c16-10-3-4-14-6-8(10)12-15-9-2-1-7(13(17)18)5-11(9)19-12/h1-6H,(H,14,16)(H,17,18). The van der Waals surface area contributed by atoms with Crippen LogP contribution < -0.4 is 5.43 Å². The number of pyridine rings is 1. The Morgan fingerprint density at radius 2 is 2.16 bits per heavy atom. The Morgan fingerprint density at radius 3 is 2.89 bits per heavy atom. The van der Waals surface area contributed by atoms with Crippen molar-refractivity contribution in [1.82, 2.24) is 9.97 Å². The maximum Gasteiger partial charge on any atom is 0.335 e. The van der Waals surface area contributed by atoms with E-state index in [1.807, 2.05) is 0 Å². The number of hydrogen-bond donors (Lipinski definition) is 2. The number of H-pyrrole nitrogens is 1. The molecule has 94 valence electrons. The van der Waals surface area contributed by atoms with Gasteiger partial charge in [-0.1, -0.05) is 0 Å². The number of aromatic nitrogens is 2. The third-order valence-electron chi connectivity index (χ3n) is 2.69. The number of nitrogens with one attached hydrogen (secondary N) is 1. The summed E-state index contributed by atoms with van der Waals surface area (Å²) in [5.41, 5.74) is 1.03. The highest BCUT2D eigenvalue weighted by Crippen LogP contribution is 2.22. The number of fused-ring (bicyclic) bond motifs is 1. The lowest BCUT2D eigenvalue weighted by Gasteiger charge is -1.92. The summed E-state index contributed by atoms with van der Waals surface area (Å²) in [6.07, 6.45) is 3.00. The monoisotopic (exact) mass is 256 g/mol. The summed E-state index contributed by atoms with van der Waals surface area (Å²) in [7, 11) is 0. The van der Waals surface area contributed by atoms with Crippen LogP contribution in [0.1, 0.15) is 10.4 Å². The average Bonchev–Trinajstić information content (AvgIpc) is 2.81. The quantitative estimate of drug-likeness (QED) is 0.729. The molecule has 6 heteroatoms. The van der Waals surface area contributed by atoms with Crippen LogP contribution in [0.2, 0.25) is 0 Å². The van der Waals surface area contributed by atoms with Gasteiger partial charge in [0.05, 0.1) is 5.56 Å². The molecule has 2 aromatic heterocycles. The summed E-state index contributed by atoms with van der Waals surface area (Å²) < 4.78 is 5.43. The van der Waals surface area contributed by atoms with Gasteiger partial charge >= 0.3 is 5.97 Å². The molecule has 0 saturated carbocycles. The summed E-state index contributed by atoms with van der Waals surface area (Å²) in [5.74, 6) is -0.878. The summed E-state index contributed by atoms with van der Waals surface area (Å²) in [6, 6.07) is 5.73. The molecule has 0 spiro atoms. The molecule has 0 atom stereocenters. The Balaban J connectivity index is 2.20. The molecule has 0 saturated heterocycles. The van der Waals surface area contributed by atoms with Gasteiger partial charge in [0.2, 0.25) is 5.89 Å². The average molecular weight is 256 g/mol. The highest BCUT2D eigenvalue weighted by molar-refractivity contribution is 5.92. The van der Waals surface area contributed by atoms with Crippen molar-refractivity contribution in [2.45, 2.75) is 0 Å². The lowest BCUT2D eigenvalue weighted by atomic mass is 10.2. The predicted octanol–water partition coefficient (Wildman–Crippen LogP) is 1.88. The number of benzene rings is 1. The van der Waals surface area contributed by atoms with E-state index in [4.69, 9.17) is 9.52 Å². The maximum absolute atomic E-state index is 11.7. The van der Waals surface area contributed by atoms with Gasteiger partial charge in [0.15, 0.2) is 11.0 Å². The van der Waals surface area contributed by atoms with Gasteiger partial charge in [0.25, 0.3) is 0 Å². The number of oxazole rings is 1. The Labute approximate surface area is 106 Å². The first-order valence-electron chi connectivity index (χ1n) is 5.46. The van der Waals surface area contributed by atoms with Gasteiger partial charge in [-0.15, -0.1) is 0 Å². The smallest absolute Gasteiger partial charge is 0.335 e. The molecular weight excluding hydrogens is 248 g/mol. The van der Waals surface area contributed by atoms with Crippen LogP contribution in [0.3, 0.4) is 0 Å². The van der Waals surface area contributed by atoms with Crippen LogP contribution in [0.5, 0.6) is 0 Å². The molecule has 2 N–H and O–H groups in total. The number of carboxylic acids is 1. The largest absolute Gasteiger partial charge is 0.478 e. The number of rotatable bonds is 2. The van der Waals surface area contributed by atoms with Gasteiger partial charge in [0.1, 0.15) is 11.1 Å². The highest BCUT2D eigenvalue weighted by Gasteiger charge is 2.12. The number of hydrogen-bond acceptors (Lipinski definition) is 4. The molecule has 19 heavy (non-hydrogen) atoms. The molecule has 0 radical (unpaired) electrons. The van der Waals surface area contributed by atoms with Crippen LogP contribution in [0.25, 0.3) is 22.6 Å². The molecule has 0 fully saturated rings. The molecule has 3 aromatic rings. The molecule has 6 nitrogen and oxygen atoms in total. The fourth-order valence-electron chi connectivity index (χ4n) is 1.76. The fraction of sp³-hybridized carbons (Fsp3) is 0. The van der Waals surface area contributed by atoms with Crippen LogP contribution in [0.15, 0.2) is 45.9 Å². The minimum atomic E-state index is -1.04. The first-order valence-corrected chi connectivity index (χ1v) is 5.46. The van der Waals surface area contributed by atoms with E-state index in [2.05, 4.69) is 9.97 Å². The second-order valence-corrected chi connectivity index (χ2v) is 3.93. The molecule has 0 aliphatic carbocycles. The molecule has 2 heterocycles. The SMILES string of the molecule is O=C(O)c1ccc2nc(-c3c[nH]ccc3=O)oc2c1. The van der Waals surface area contributed by atoms with Crippen molar-refractivity contribution >= 4 is 17.1 Å². The van der Waals surface area contributed by atoms with E-state index in [0.717, 1.165) is 0 Å². The normalized spacial score (nSPS) is 10.7. The van der Waals surface area contributed by atoms with Crippen molar-refractivity contribution in [3.63, 3.8) is 0 Å². The Bertz CT molecular complexity index is 832. The van der Waals surface area contributed by atoms with Gasteiger partial charge in [-0.3, -0.25) is 4.79 Å². The van der Waals surface area contributed by atoms with Crippen molar-refractivity contribution in [3.8, 4) is 11.5 Å². The van der Waals surface area contributed by atoms with Crippen LogP contribution in [-0.4, -0.2) is 21.0 Å².